The number of hydrogen-bond donors (Lipinski definition) is 2. The van der Waals surface area contributed by atoms with Gasteiger partial charge in [0.2, 0.25) is 0 Å². The van der Waals surface area contributed by atoms with Crippen molar-refractivity contribution in [1.82, 2.24) is 5.32 Å². The van der Waals surface area contributed by atoms with Gasteiger partial charge in [-0.15, -0.1) is 0 Å². The van der Waals surface area contributed by atoms with Crippen LogP contribution in [0.2, 0.25) is 0 Å². The molecule has 0 heterocycles. The second kappa shape index (κ2) is 7.33. The van der Waals surface area contributed by atoms with Crippen molar-refractivity contribution in [1.29, 1.82) is 0 Å². The molecule has 3 nitrogen and oxygen atoms in total. The van der Waals surface area contributed by atoms with Crippen LogP contribution in [0.25, 0.3) is 0 Å². The van der Waals surface area contributed by atoms with E-state index in [4.69, 9.17) is 0 Å². The van der Waals surface area contributed by atoms with Crippen LogP contribution in [0.5, 0.6) is 0 Å². The number of rotatable bonds is 6. The zero-order chi connectivity index (χ0) is 16.0. The third-order valence-electron chi connectivity index (χ3n) is 3.23. The van der Waals surface area contributed by atoms with Crippen molar-refractivity contribution in [2.45, 2.75) is 45.3 Å². The summed E-state index contributed by atoms with van der Waals surface area (Å²) in [6.45, 7) is 3.72. The van der Waals surface area contributed by atoms with Crippen LogP contribution in [0, 0.1) is 6.92 Å². The molecular weight excluding hydrogens is 281 g/mol. The SMILES string of the molecule is CNC(=O)c1ccc(C)c(NC(C)CCCC(F)(F)F)c1. The smallest absolute Gasteiger partial charge is 0.382 e. The van der Waals surface area contributed by atoms with Gasteiger partial charge in [0.15, 0.2) is 0 Å². The van der Waals surface area contributed by atoms with E-state index in [0.29, 0.717) is 12.0 Å². The zero-order valence-electron chi connectivity index (χ0n) is 12.5. The van der Waals surface area contributed by atoms with Gasteiger partial charge in [0.25, 0.3) is 5.91 Å². The van der Waals surface area contributed by atoms with Crippen LogP contribution in [0.4, 0.5) is 18.9 Å². The summed E-state index contributed by atoms with van der Waals surface area (Å²) in [6.07, 6.45) is -4.36. The molecule has 0 aromatic heterocycles. The van der Waals surface area contributed by atoms with Crippen molar-refractivity contribution >= 4 is 11.6 Å². The third-order valence-corrected chi connectivity index (χ3v) is 3.23. The molecule has 1 rings (SSSR count). The fourth-order valence-corrected chi connectivity index (χ4v) is 2.01. The number of halogens is 3. The molecule has 1 unspecified atom stereocenters. The first-order chi connectivity index (χ1) is 9.73. The van der Waals surface area contributed by atoms with Crippen molar-refractivity contribution in [3.05, 3.63) is 29.3 Å². The maximum absolute atomic E-state index is 12.1. The van der Waals surface area contributed by atoms with Gasteiger partial charge < -0.3 is 10.6 Å². The highest BCUT2D eigenvalue weighted by molar-refractivity contribution is 5.95. The van der Waals surface area contributed by atoms with E-state index in [9.17, 15) is 18.0 Å². The minimum Gasteiger partial charge on any atom is -0.382 e. The third kappa shape index (κ3) is 6.06. The molecule has 1 atom stereocenters. The molecule has 6 heteroatoms. The first kappa shape index (κ1) is 17.3. The van der Waals surface area contributed by atoms with Gasteiger partial charge in [0.05, 0.1) is 0 Å². The first-order valence-corrected chi connectivity index (χ1v) is 6.89. The summed E-state index contributed by atoms with van der Waals surface area (Å²) in [7, 11) is 1.55. The number of carbonyl (C=O) groups is 1. The summed E-state index contributed by atoms with van der Waals surface area (Å²) in [5, 5.41) is 5.71. The molecule has 0 saturated carbocycles. The first-order valence-electron chi connectivity index (χ1n) is 6.89. The topological polar surface area (TPSA) is 41.1 Å². The molecule has 118 valence electrons. The Labute approximate surface area is 122 Å². The lowest BCUT2D eigenvalue weighted by Gasteiger charge is -2.18. The standard InChI is InChI=1S/C15H21F3N2O/c1-10-6-7-12(14(21)19-3)9-13(10)20-11(2)5-4-8-15(16,17)18/h6-7,9,11,20H,4-5,8H2,1-3H3,(H,19,21). The summed E-state index contributed by atoms with van der Waals surface area (Å²) < 4.78 is 36.3. The van der Waals surface area contributed by atoms with Gasteiger partial charge >= 0.3 is 6.18 Å². The number of hydrogen-bond acceptors (Lipinski definition) is 2. The predicted molar refractivity (Wildman–Crippen MR) is 77.6 cm³/mol. The van der Waals surface area contributed by atoms with Crippen LogP contribution < -0.4 is 10.6 Å². The largest absolute Gasteiger partial charge is 0.389 e. The van der Waals surface area contributed by atoms with Crippen LogP contribution in [0.1, 0.15) is 42.1 Å². The molecule has 0 aliphatic heterocycles. The number of aryl methyl sites for hydroxylation is 1. The Morgan fingerprint density at radius 1 is 1.33 bits per heavy atom. The maximum Gasteiger partial charge on any atom is 0.389 e. The fraction of sp³-hybridized carbons (Fsp3) is 0.533. The van der Waals surface area contributed by atoms with Gasteiger partial charge in [0, 0.05) is 30.8 Å². The lowest BCUT2D eigenvalue weighted by molar-refractivity contribution is -0.135. The predicted octanol–water partition coefficient (Wildman–Crippen LogP) is 3.89. The number of alkyl halides is 3. The molecular formula is C15H21F3N2O. The van der Waals surface area contributed by atoms with E-state index in [2.05, 4.69) is 10.6 Å². The van der Waals surface area contributed by atoms with E-state index in [1.165, 1.54) is 0 Å². The van der Waals surface area contributed by atoms with Crippen LogP contribution in [0.15, 0.2) is 18.2 Å². The highest BCUT2D eigenvalue weighted by atomic mass is 19.4. The van der Waals surface area contributed by atoms with Gasteiger partial charge in [-0.05, 0) is 44.4 Å². The minimum absolute atomic E-state index is 0.0891. The van der Waals surface area contributed by atoms with E-state index in [-0.39, 0.29) is 18.4 Å². The van der Waals surface area contributed by atoms with Crippen LogP contribution in [-0.4, -0.2) is 25.2 Å². The summed E-state index contributed by atoms with van der Waals surface area (Å²) in [5.74, 6) is -0.192. The second-order valence-corrected chi connectivity index (χ2v) is 5.16. The van der Waals surface area contributed by atoms with Gasteiger partial charge in [-0.1, -0.05) is 6.07 Å². The molecule has 1 aromatic carbocycles. The van der Waals surface area contributed by atoms with Crippen molar-refractivity contribution in [2.24, 2.45) is 0 Å². The van der Waals surface area contributed by atoms with Gasteiger partial charge in [0.1, 0.15) is 0 Å². The molecule has 0 radical (unpaired) electrons. The van der Waals surface area contributed by atoms with Crippen LogP contribution >= 0.6 is 0 Å². The lowest BCUT2D eigenvalue weighted by atomic mass is 10.1. The molecule has 1 aromatic rings. The van der Waals surface area contributed by atoms with Crippen molar-refractivity contribution < 1.29 is 18.0 Å². The molecule has 0 fully saturated rings. The number of benzene rings is 1. The van der Waals surface area contributed by atoms with E-state index >= 15 is 0 Å². The summed E-state index contributed by atoms with van der Waals surface area (Å²) >= 11 is 0. The zero-order valence-corrected chi connectivity index (χ0v) is 12.5. The van der Waals surface area contributed by atoms with Crippen molar-refractivity contribution in [3.63, 3.8) is 0 Å². The van der Waals surface area contributed by atoms with Gasteiger partial charge in [-0.2, -0.15) is 13.2 Å². The highest BCUT2D eigenvalue weighted by Crippen LogP contribution is 2.24. The average Bonchev–Trinajstić information content (AvgIpc) is 2.39. The van der Waals surface area contributed by atoms with E-state index in [1.54, 1.807) is 19.2 Å². The molecule has 0 spiro atoms. The van der Waals surface area contributed by atoms with Gasteiger partial charge in [-0.25, -0.2) is 0 Å². The van der Waals surface area contributed by atoms with Crippen LogP contribution in [0.3, 0.4) is 0 Å². The Morgan fingerprint density at radius 2 is 2.00 bits per heavy atom. The lowest BCUT2D eigenvalue weighted by Crippen LogP contribution is -2.20. The normalized spacial score (nSPS) is 12.9. The quantitative estimate of drug-likeness (QED) is 0.837. The Kier molecular flexibility index (Phi) is 6.05. The van der Waals surface area contributed by atoms with Crippen molar-refractivity contribution in [3.8, 4) is 0 Å². The Balaban J connectivity index is 2.63. The molecule has 0 bridgehead atoms. The highest BCUT2D eigenvalue weighted by Gasteiger charge is 2.26. The van der Waals surface area contributed by atoms with E-state index < -0.39 is 12.6 Å². The maximum atomic E-state index is 12.1. The molecule has 21 heavy (non-hydrogen) atoms. The number of carbonyl (C=O) groups excluding carboxylic acids is 1. The van der Waals surface area contributed by atoms with Crippen molar-refractivity contribution in [2.75, 3.05) is 12.4 Å². The second-order valence-electron chi connectivity index (χ2n) is 5.16. The average molecular weight is 302 g/mol. The van der Waals surface area contributed by atoms with E-state index in [1.807, 2.05) is 19.9 Å². The molecule has 0 aliphatic carbocycles. The molecule has 0 saturated heterocycles. The Hall–Kier alpha value is -1.72. The fourth-order valence-electron chi connectivity index (χ4n) is 2.01. The number of nitrogens with one attached hydrogen (secondary N) is 2. The Bertz CT molecular complexity index is 486. The molecule has 0 aliphatic rings. The van der Waals surface area contributed by atoms with Gasteiger partial charge in [-0.3, -0.25) is 4.79 Å². The van der Waals surface area contributed by atoms with Crippen LogP contribution in [-0.2, 0) is 0 Å². The number of anilines is 1. The number of amides is 1. The summed E-state index contributed by atoms with van der Waals surface area (Å²) in [5.41, 5.74) is 2.24. The summed E-state index contributed by atoms with van der Waals surface area (Å²) in [6, 6.07) is 5.16. The monoisotopic (exact) mass is 302 g/mol. The minimum atomic E-state index is -4.10. The molecule has 2 N–H and O–H groups in total. The summed E-state index contributed by atoms with van der Waals surface area (Å²) in [4.78, 5) is 11.6. The molecule has 1 amide bonds. The van der Waals surface area contributed by atoms with E-state index in [0.717, 1.165) is 11.3 Å². The Morgan fingerprint density at radius 3 is 2.57 bits per heavy atom.